The SMILES string of the molecule is N#CC(=N\O)/C(Br)=N/O. The smallest absolute Gasteiger partial charge is 0.215 e. The molecule has 0 atom stereocenters. The molecule has 5 nitrogen and oxygen atoms in total. The van der Waals surface area contributed by atoms with Crippen LogP contribution in [0.2, 0.25) is 0 Å². The normalized spacial score (nSPS) is 12.9. The molecule has 0 heterocycles. The molecular formula is C3H2BrN3O2. The summed E-state index contributed by atoms with van der Waals surface area (Å²) in [6.07, 6.45) is 0. The van der Waals surface area contributed by atoms with Crippen molar-refractivity contribution in [1.29, 1.82) is 5.26 Å². The molecule has 0 aliphatic carbocycles. The Hall–Kier alpha value is -1.09. The molecule has 0 saturated carbocycles. The molecule has 9 heavy (non-hydrogen) atoms. The molecule has 0 unspecified atom stereocenters. The van der Waals surface area contributed by atoms with Crippen LogP contribution < -0.4 is 0 Å². The Morgan fingerprint density at radius 3 is 2.11 bits per heavy atom. The van der Waals surface area contributed by atoms with Crippen LogP contribution >= 0.6 is 15.9 Å². The molecule has 6 heteroatoms. The van der Waals surface area contributed by atoms with E-state index in [-0.39, 0.29) is 10.3 Å². The Balaban J connectivity index is 4.39. The second kappa shape index (κ2) is 3.86. The van der Waals surface area contributed by atoms with Gasteiger partial charge in [-0.05, 0) is 15.9 Å². The summed E-state index contributed by atoms with van der Waals surface area (Å²) in [6.45, 7) is 0. The first kappa shape index (κ1) is 7.91. The molecule has 0 spiro atoms. The maximum Gasteiger partial charge on any atom is 0.215 e. The van der Waals surface area contributed by atoms with Crippen LogP contribution in [-0.4, -0.2) is 20.7 Å². The van der Waals surface area contributed by atoms with Gasteiger partial charge in [-0.15, -0.1) is 0 Å². The molecule has 0 fully saturated rings. The van der Waals surface area contributed by atoms with Crippen molar-refractivity contribution in [2.45, 2.75) is 0 Å². The van der Waals surface area contributed by atoms with Gasteiger partial charge >= 0.3 is 0 Å². The van der Waals surface area contributed by atoms with Crippen molar-refractivity contribution < 1.29 is 10.4 Å². The summed E-state index contributed by atoms with van der Waals surface area (Å²) in [7, 11) is 0. The fraction of sp³-hybridized carbons (Fsp3) is 0. The number of nitriles is 1. The van der Waals surface area contributed by atoms with E-state index in [1.54, 1.807) is 0 Å². The molecule has 0 bridgehead atoms. The van der Waals surface area contributed by atoms with E-state index >= 15 is 0 Å². The highest BCUT2D eigenvalue weighted by Crippen LogP contribution is 1.90. The fourth-order valence-electron chi connectivity index (χ4n) is 0.157. The lowest BCUT2D eigenvalue weighted by molar-refractivity contribution is 0.316. The van der Waals surface area contributed by atoms with Gasteiger partial charge in [-0.25, -0.2) is 0 Å². The van der Waals surface area contributed by atoms with Gasteiger partial charge in [0.25, 0.3) is 0 Å². The average molecular weight is 192 g/mol. The van der Waals surface area contributed by atoms with Gasteiger partial charge in [-0.3, -0.25) is 0 Å². The zero-order chi connectivity index (χ0) is 7.28. The van der Waals surface area contributed by atoms with Crippen molar-refractivity contribution in [2.24, 2.45) is 10.3 Å². The van der Waals surface area contributed by atoms with Crippen molar-refractivity contribution in [3.63, 3.8) is 0 Å². The molecule has 0 radical (unpaired) electrons. The highest BCUT2D eigenvalue weighted by atomic mass is 79.9. The van der Waals surface area contributed by atoms with Gasteiger partial charge < -0.3 is 10.4 Å². The number of rotatable bonds is 1. The van der Waals surface area contributed by atoms with Gasteiger partial charge in [0.2, 0.25) is 5.71 Å². The zero-order valence-corrected chi connectivity index (χ0v) is 5.70. The predicted molar refractivity (Wildman–Crippen MR) is 33.0 cm³/mol. The predicted octanol–water partition coefficient (Wildman–Crippen LogP) is 0.523. The largest absolute Gasteiger partial charge is 0.410 e. The van der Waals surface area contributed by atoms with Gasteiger partial charge in [0.15, 0.2) is 4.62 Å². The minimum Gasteiger partial charge on any atom is -0.410 e. The summed E-state index contributed by atoms with van der Waals surface area (Å²) in [4.78, 5) is 0. The molecule has 0 rings (SSSR count). The van der Waals surface area contributed by atoms with E-state index < -0.39 is 0 Å². The van der Waals surface area contributed by atoms with Crippen molar-refractivity contribution in [3.8, 4) is 6.07 Å². The third kappa shape index (κ3) is 2.10. The molecule has 0 aliphatic rings. The highest BCUT2D eigenvalue weighted by molar-refractivity contribution is 9.19. The fourth-order valence-corrected chi connectivity index (χ4v) is 0.325. The standard InChI is InChI=1S/C3H2BrN3O2/c4-3(7-9)2(1-5)6-8/h8-9H/b6-2+,7-3-. The van der Waals surface area contributed by atoms with E-state index in [1.807, 2.05) is 0 Å². The van der Waals surface area contributed by atoms with Crippen LogP contribution in [0.25, 0.3) is 0 Å². The minimum absolute atomic E-state index is 0.201. The van der Waals surface area contributed by atoms with E-state index in [9.17, 15) is 0 Å². The van der Waals surface area contributed by atoms with Crippen LogP contribution in [0.15, 0.2) is 10.3 Å². The minimum atomic E-state index is -0.377. The lowest BCUT2D eigenvalue weighted by Gasteiger charge is -1.83. The highest BCUT2D eigenvalue weighted by Gasteiger charge is 2.03. The molecule has 0 aromatic heterocycles. The van der Waals surface area contributed by atoms with Crippen LogP contribution in [-0.2, 0) is 0 Å². The molecule has 48 valence electrons. The van der Waals surface area contributed by atoms with Crippen LogP contribution in [0, 0.1) is 11.3 Å². The maximum absolute atomic E-state index is 8.06. The van der Waals surface area contributed by atoms with Crippen molar-refractivity contribution in [2.75, 3.05) is 0 Å². The van der Waals surface area contributed by atoms with Crippen LogP contribution in [0.3, 0.4) is 0 Å². The van der Waals surface area contributed by atoms with E-state index in [0.717, 1.165) is 0 Å². The number of hydrogen-bond acceptors (Lipinski definition) is 5. The maximum atomic E-state index is 8.06. The Morgan fingerprint density at radius 1 is 1.44 bits per heavy atom. The molecule has 0 aliphatic heterocycles. The van der Waals surface area contributed by atoms with Crippen LogP contribution in [0.1, 0.15) is 0 Å². The lowest BCUT2D eigenvalue weighted by Crippen LogP contribution is -2.03. The Morgan fingerprint density at radius 2 is 2.00 bits per heavy atom. The second-order valence-corrected chi connectivity index (χ2v) is 1.70. The third-order valence-corrected chi connectivity index (χ3v) is 1.02. The van der Waals surface area contributed by atoms with Crippen molar-refractivity contribution in [1.82, 2.24) is 0 Å². The molecule has 0 aromatic rings. The van der Waals surface area contributed by atoms with E-state index in [0.29, 0.717) is 0 Å². The number of hydrogen-bond donors (Lipinski definition) is 2. The van der Waals surface area contributed by atoms with Gasteiger partial charge in [-0.1, -0.05) is 10.3 Å². The molecule has 0 amide bonds. The van der Waals surface area contributed by atoms with E-state index in [1.165, 1.54) is 6.07 Å². The first-order valence-electron chi connectivity index (χ1n) is 1.76. The number of oxime groups is 2. The van der Waals surface area contributed by atoms with E-state index in [4.69, 9.17) is 15.7 Å². The van der Waals surface area contributed by atoms with Gasteiger partial charge in [0, 0.05) is 0 Å². The Labute approximate surface area is 59.0 Å². The molecular weight excluding hydrogens is 190 g/mol. The summed E-state index contributed by atoms with van der Waals surface area (Å²) >= 11 is 2.65. The van der Waals surface area contributed by atoms with Crippen LogP contribution in [0.4, 0.5) is 0 Å². The summed E-state index contributed by atoms with van der Waals surface area (Å²) in [6, 6.07) is 1.46. The number of nitrogens with zero attached hydrogens (tertiary/aromatic N) is 3. The molecule has 0 aromatic carbocycles. The van der Waals surface area contributed by atoms with Gasteiger partial charge in [0.05, 0.1) is 0 Å². The van der Waals surface area contributed by atoms with Gasteiger partial charge in [0.1, 0.15) is 6.07 Å². The third-order valence-electron chi connectivity index (χ3n) is 0.489. The zero-order valence-electron chi connectivity index (χ0n) is 4.11. The average Bonchev–Trinajstić information content (AvgIpc) is 1.90. The quantitative estimate of drug-likeness (QED) is 0.360. The summed E-state index contributed by atoms with van der Waals surface area (Å²) in [5, 5.41) is 29.0. The lowest BCUT2D eigenvalue weighted by atomic mass is 10.5. The summed E-state index contributed by atoms with van der Waals surface area (Å²) in [5.41, 5.74) is -0.377. The van der Waals surface area contributed by atoms with Crippen LogP contribution in [0.5, 0.6) is 0 Å². The van der Waals surface area contributed by atoms with Crippen molar-refractivity contribution in [3.05, 3.63) is 0 Å². The monoisotopic (exact) mass is 191 g/mol. The topological polar surface area (TPSA) is 89.0 Å². The van der Waals surface area contributed by atoms with Crippen molar-refractivity contribution >= 4 is 26.3 Å². The first-order valence-corrected chi connectivity index (χ1v) is 2.55. The second-order valence-electron chi connectivity index (χ2n) is 0.951. The summed E-state index contributed by atoms with van der Waals surface area (Å²) in [5.74, 6) is 0. The van der Waals surface area contributed by atoms with E-state index in [2.05, 4.69) is 26.2 Å². The summed E-state index contributed by atoms with van der Waals surface area (Å²) < 4.78 is -0.201. The molecule has 2 N–H and O–H groups in total. The molecule has 0 saturated heterocycles. The first-order chi connectivity index (χ1) is 4.26. The number of halogens is 1. The Bertz CT molecular complexity index is 192. The van der Waals surface area contributed by atoms with Gasteiger partial charge in [-0.2, -0.15) is 5.26 Å². The Kier molecular flexibility index (Phi) is 3.39.